The van der Waals surface area contributed by atoms with Crippen LogP contribution in [0.5, 0.6) is 0 Å². The first-order valence-corrected chi connectivity index (χ1v) is 5.50. The molecule has 0 bridgehead atoms. The van der Waals surface area contributed by atoms with Crippen LogP contribution >= 0.6 is 11.8 Å². The first-order valence-electron chi connectivity index (χ1n) is 4.52. The van der Waals surface area contributed by atoms with Gasteiger partial charge in [-0.05, 0) is 6.07 Å². The summed E-state index contributed by atoms with van der Waals surface area (Å²) in [5.41, 5.74) is 0. The largest absolute Gasteiger partial charge is 0.383 e. The van der Waals surface area contributed by atoms with Crippen LogP contribution in [-0.2, 0) is 4.74 Å². The third-order valence-electron chi connectivity index (χ3n) is 1.57. The molecule has 0 amide bonds. The summed E-state index contributed by atoms with van der Waals surface area (Å²) in [7, 11) is 1.71. The Morgan fingerprint density at radius 3 is 3.14 bits per heavy atom. The molecule has 1 rings (SSSR count). The van der Waals surface area contributed by atoms with Crippen molar-refractivity contribution in [1.82, 2.24) is 15.3 Å². The first kappa shape index (κ1) is 11.4. The number of hydrogen-bond donors (Lipinski definition) is 1. The minimum absolute atomic E-state index is 0.762. The van der Waals surface area contributed by atoms with E-state index in [4.69, 9.17) is 4.74 Å². The third-order valence-corrected chi connectivity index (χ3v) is 2.51. The van der Waals surface area contributed by atoms with Gasteiger partial charge in [0, 0.05) is 32.1 Å². The molecule has 0 saturated heterocycles. The molecule has 0 fully saturated rings. The van der Waals surface area contributed by atoms with E-state index in [1.807, 2.05) is 6.07 Å². The summed E-state index contributed by atoms with van der Waals surface area (Å²) in [5, 5.41) is 4.29. The van der Waals surface area contributed by atoms with Crippen LogP contribution in [0.2, 0.25) is 0 Å². The average Bonchev–Trinajstić information content (AvgIpc) is 2.25. The lowest BCUT2D eigenvalue weighted by molar-refractivity contribution is 0.200. The van der Waals surface area contributed by atoms with Crippen LogP contribution in [-0.4, -0.2) is 42.5 Å². The lowest BCUT2D eigenvalue weighted by atomic mass is 10.6. The van der Waals surface area contributed by atoms with Crippen LogP contribution < -0.4 is 5.32 Å². The maximum atomic E-state index is 4.92. The Hall–Kier alpha value is -0.650. The van der Waals surface area contributed by atoms with Crippen LogP contribution in [0.3, 0.4) is 0 Å². The maximum absolute atomic E-state index is 4.92. The zero-order valence-electron chi connectivity index (χ0n) is 8.27. The number of rotatable bonds is 7. The summed E-state index contributed by atoms with van der Waals surface area (Å²) in [4.78, 5) is 7.97. The minimum Gasteiger partial charge on any atom is -0.383 e. The molecule has 14 heavy (non-hydrogen) atoms. The number of aromatic nitrogens is 2. The zero-order valence-corrected chi connectivity index (χ0v) is 9.09. The van der Waals surface area contributed by atoms with E-state index in [1.165, 1.54) is 0 Å². The van der Waals surface area contributed by atoms with Crippen molar-refractivity contribution in [3.05, 3.63) is 18.6 Å². The highest BCUT2D eigenvalue weighted by Crippen LogP contribution is 2.11. The van der Waals surface area contributed by atoms with Crippen LogP contribution in [0.25, 0.3) is 0 Å². The SMILES string of the molecule is COCCNCCSc1ccncn1. The average molecular weight is 213 g/mol. The monoisotopic (exact) mass is 213 g/mol. The van der Waals surface area contributed by atoms with E-state index >= 15 is 0 Å². The van der Waals surface area contributed by atoms with Crippen molar-refractivity contribution in [2.24, 2.45) is 0 Å². The van der Waals surface area contributed by atoms with Crippen LogP contribution in [0, 0.1) is 0 Å². The van der Waals surface area contributed by atoms with Gasteiger partial charge in [-0.1, -0.05) is 0 Å². The highest BCUT2D eigenvalue weighted by molar-refractivity contribution is 7.99. The van der Waals surface area contributed by atoms with Gasteiger partial charge in [0.05, 0.1) is 11.6 Å². The number of nitrogens with one attached hydrogen (secondary N) is 1. The maximum Gasteiger partial charge on any atom is 0.116 e. The van der Waals surface area contributed by atoms with E-state index in [1.54, 1.807) is 31.4 Å². The van der Waals surface area contributed by atoms with Gasteiger partial charge >= 0.3 is 0 Å². The molecular weight excluding hydrogens is 198 g/mol. The van der Waals surface area contributed by atoms with E-state index in [-0.39, 0.29) is 0 Å². The molecule has 0 aromatic carbocycles. The predicted molar refractivity (Wildman–Crippen MR) is 57.5 cm³/mol. The molecule has 1 aromatic heterocycles. The van der Waals surface area contributed by atoms with Crippen LogP contribution in [0.1, 0.15) is 0 Å². The molecule has 0 aliphatic heterocycles. The van der Waals surface area contributed by atoms with E-state index in [9.17, 15) is 0 Å². The Bertz CT molecular complexity index is 233. The third kappa shape index (κ3) is 5.16. The van der Waals surface area contributed by atoms with E-state index in [2.05, 4.69) is 15.3 Å². The van der Waals surface area contributed by atoms with Crippen molar-refractivity contribution in [2.45, 2.75) is 5.03 Å². The first-order chi connectivity index (χ1) is 6.93. The second kappa shape index (κ2) is 7.73. The van der Waals surface area contributed by atoms with Gasteiger partial charge in [-0.25, -0.2) is 9.97 Å². The standard InChI is InChI=1S/C9H15N3OS/c1-13-6-4-10-5-7-14-9-2-3-11-8-12-9/h2-3,8,10H,4-7H2,1H3. The summed E-state index contributed by atoms with van der Waals surface area (Å²) in [6.07, 6.45) is 3.33. The van der Waals surface area contributed by atoms with Crippen molar-refractivity contribution in [3.63, 3.8) is 0 Å². The smallest absolute Gasteiger partial charge is 0.116 e. The molecule has 0 aliphatic rings. The molecule has 1 aromatic rings. The van der Waals surface area contributed by atoms with Gasteiger partial charge in [0.15, 0.2) is 0 Å². The molecule has 0 aliphatic carbocycles. The van der Waals surface area contributed by atoms with Crippen molar-refractivity contribution < 1.29 is 4.74 Å². The quantitative estimate of drug-likeness (QED) is 0.412. The lowest BCUT2D eigenvalue weighted by Crippen LogP contribution is -2.21. The van der Waals surface area contributed by atoms with Crippen molar-refractivity contribution >= 4 is 11.8 Å². The summed E-state index contributed by atoms with van der Waals surface area (Å²) in [6.45, 7) is 2.64. The molecule has 78 valence electrons. The van der Waals surface area contributed by atoms with Crippen LogP contribution in [0.4, 0.5) is 0 Å². The molecular formula is C9H15N3OS. The summed E-state index contributed by atoms with van der Waals surface area (Å²) >= 11 is 1.72. The number of ether oxygens (including phenoxy) is 1. The highest BCUT2D eigenvalue weighted by Gasteiger charge is 1.93. The fourth-order valence-corrected chi connectivity index (χ4v) is 1.63. The molecule has 0 saturated carbocycles. The highest BCUT2D eigenvalue weighted by atomic mass is 32.2. The second-order valence-electron chi connectivity index (χ2n) is 2.64. The molecule has 4 nitrogen and oxygen atoms in total. The van der Waals surface area contributed by atoms with Gasteiger partial charge < -0.3 is 10.1 Å². The normalized spacial score (nSPS) is 10.4. The number of nitrogens with zero attached hydrogens (tertiary/aromatic N) is 2. The van der Waals surface area contributed by atoms with Gasteiger partial charge in [0.2, 0.25) is 0 Å². The van der Waals surface area contributed by atoms with Gasteiger partial charge in [-0.3, -0.25) is 0 Å². The summed E-state index contributed by atoms with van der Waals surface area (Å²) in [6, 6.07) is 1.92. The number of thioether (sulfide) groups is 1. The molecule has 0 radical (unpaired) electrons. The summed E-state index contributed by atoms with van der Waals surface area (Å²) in [5.74, 6) is 1.01. The van der Waals surface area contributed by atoms with Gasteiger partial charge in [0.1, 0.15) is 6.33 Å². The fourth-order valence-electron chi connectivity index (χ4n) is 0.891. The number of hydrogen-bond acceptors (Lipinski definition) is 5. The molecule has 0 spiro atoms. The van der Waals surface area contributed by atoms with E-state index < -0.39 is 0 Å². The Balaban J connectivity index is 1.99. The molecule has 5 heteroatoms. The fraction of sp³-hybridized carbons (Fsp3) is 0.556. The molecule has 0 unspecified atom stereocenters. The van der Waals surface area contributed by atoms with Gasteiger partial charge in [-0.15, -0.1) is 11.8 Å². The lowest BCUT2D eigenvalue weighted by Gasteiger charge is -2.02. The van der Waals surface area contributed by atoms with E-state index in [0.717, 1.165) is 30.5 Å². The Labute approximate surface area is 88.5 Å². The molecule has 1 heterocycles. The Morgan fingerprint density at radius 2 is 2.43 bits per heavy atom. The van der Waals surface area contributed by atoms with Gasteiger partial charge in [0.25, 0.3) is 0 Å². The number of methoxy groups -OCH3 is 1. The van der Waals surface area contributed by atoms with Crippen molar-refractivity contribution in [2.75, 3.05) is 32.6 Å². The zero-order chi connectivity index (χ0) is 10.1. The predicted octanol–water partition coefficient (Wildman–Crippen LogP) is 0.805. The Morgan fingerprint density at radius 1 is 1.50 bits per heavy atom. The van der Waals surface area contributed by atoms with Crippen LogP contribution in [0.15, 0.2) is 23.6 Å². The topological polar surface area (TPSA) is 47.0 Å². The van der Waals surface area contributed by atoms with Crippen molar-refractivity contribution in [1.29, 1.82) is 0 Å². The molecule has 0 atom stereocenters. The van der Waals surface area contributed by atoms with Crippen molar-refractivity contribution in [3.8, 4) is 0 Å². The van der Waals surface area contributed by atoms with E-state index in [0.29, 0.717) is 0 Å². The second-order valence-corrected chi connectivity index (χ2v) is 3.75. The van der Waals surface area contributed by atoms with Gasteiger partial charge in [-0.2, -0.15) is 0 Å². The minimum atomic E-state index is 0.762. The Kier molecular flexibility index (Phi) is 6.30. The molecule has 1 N–H and O–H groups in total. The summed E-state index contributed by atoms with van der Waals surface area (Å²) < 4.78 is 4.92.